The summed E-state index contributed by atoms with van der Waals surface area (Å²) in [5, 5.41) is 18.3. The quantitative estimate of drug-likeness (QED) is 0.125. The Balaban J connectivity index is 1.26. The van der Waals surface area contributed by atoms with Crippen LogP contribution in [0.1, 0.15) is 11.1 Å². The smallest absolute Gasteiger partial charge is 0.187 e. The lowest BCUT2D eigenvalue weighted by Crippen LogP contribution is -1.92. The maximum absolute atomic E-state index is 7.40. The summed E-state index contributed by atoms with van der Waals surface area (Å²) < 4.78 is 0. The summed E-state index contributed by atoms with van der Waals surface area (Å²) in [6.45, 7) is 11.9. The highest BCUT2D eigenvalue weighted by atomic mass is 14.6. The number of benzene rings is 10. The second-order valence-corrected chi connectivity index (χ2v) is 15.9. The molecule has 0 spiro atoms. The van der Waals surface area contributed by atoms with Crippen LogP contribution < -0.4 is 0 Å². The third-order valence-corrected chi connectivity index (χ3v) is 12.8. The van der Waals surface area contributed by atoms with Gasteiger partial charge in [-0.15, -0.1) is 0 Å². The van der Waals surface area contributed by atoms with Crippen LogP contribution in [0.15, 0.2) is 176 Å². The van der Waals surface area contributed by atoms with Crippen LogP contribution in [0, 0.1) is 20.4 Å². The molecule has 0 saturated heterocycles. The Morgan fingerprint density at radius 3 is 1.50 bits per heavy atom. The van der Waals surface area contributed by atoms with Gasteiger partial charge in [-0.2, -0.15) is 0 Å². The SMILES string of the molecule is [C-]#[N+]c1ccc(-c2cc(C)c(-c3ccc4c5c(-c6ccccc6)c6c(cc7c8ccccc8c8cccc6c87)c(-c6ccccc6)c5c5cccc3c54)c(C)c2)cc1. The summed E-state index contributed by atoms with van der Waals surface area (Å²) in [6, 6.07) is 64.8. The van der Waals surface area contributed by atoms with Gasteiger partial charge in [0.15, 0.2) is 5.69 Å². The Kier molecular flexibility index (Phi) is 6.89. The largest absolute Gasteiger partial charge is 0.238 e. The molecule has 12 aromatic rings. The average molecular weight is 734 g/mol. The van der Waals surface area contributed by atoms with E-state index in [-0.39, 0.29) is 0 Å². The standard InChI is InChI=1S/C57H35N/c1-33-30-38(35-24-26-39(58-3)27-25-35)31-34(2)50(33)44-28-29-47-53-43(44)21-13-23-46(53)56-51(36-14-6-4-7-15-36)49-32-48-41-19-11-10-18-40(41)42-20-12-22-45(54(42)48)55(49)52(57(47)56)37-16-8-5-9-17-37/h4-32H,1-2H3. The Bertz CT molecular complexity index is 3640. The monoisotopic (exact) mass is 733 g/mol. The fourth-order valence-electron chi connectivity index (χ4n) is 10.5. The first-order valence-corrected chi connectivity index (χ1v) is 20.0. The van der Waals surface area contributed by atoms with Crippen molar-refractivity contribution in [1.82, 2.24) is 0 Å². The third-order valence-electron chi connectivity index (χ3n) is 12.8. The molecule has 268 valence electrons. The van der Waals surface area contributed by atoms with Gasteiger partial charge >= 0.3 is 0 Å². The van der Waals surface area contributed by atoms with Gasteiger partial charge in [-0.25, -0.2) is 4.85 Å². The molecule has 0 amide bonds. The predicted molar refractivity (Wildman–Crippen MR) is 249 cm³/mol. The Labute approximate surface area is 336 Å². The molecule has 0 unspecified atom stereocenters. The van der Waals surface area contributed by atoms with E-state index in [1.165, 1.54) is 125 Å². The van der Waals surface area contributed by atoms with Crippen LogP contribution in [-0.2, 0) is 0 Å². The van der Waals surface area contributed by atoms with Crippen LogP contribution >= 0.6 is 0 Å². The van der Waals surface area contributed by atoms with Crippen LogP contribution in [0.3, 0.4) is 0 Å². The zero-order valence-electron chi connectivity index (χ0n) is 32.2. The maximum atomic E-state index is 7.40. The van der Waals surface area contributed by atoms with Gasteiger partial charge in [0, 0.05) is 0 Å². The molecule has 0 atom stereocenters. The topological polar surface area (TPSA) is 4.36 Å². The molecule has 0 aliphatic rings. The van der Waals surface area contributed by atoms with E-state index >= 15 is 0 Å². The van der Waals surface area contributed by atoms with Gasteiger partial charge in [0.2, 0.25) is 0 Å². The van der Waals surface area contributed by atoms with Crippen molar-refractivity contribution in [2.24, 2.45) is 0 Å². The average Bonchev–Trinajstić information content (AvgIpc) is 3.78. The molecule has 58 heavy (non-hydrogen) atoms. The minimum Gasteiger partial charge on any atom is -0.238 e. The number of hydrogen-bond acceptors (Lipinski definition) is 0. The second-order valence-electron chi connectivity index (χ2n) is 15.9. The molecule has 0 aliphatic carbocycles. The van der Waals surface area contributed by atoms with Crippen molar-refractivity contribution in [3.63, 3.8) is 0 Å². The molecule has 0 aliphatic heterocycles. The first-order chi connectivity index (χ1) is 28.6. The van der Waals surface area contributed by atoms with Gasteiger partial charge in [0.1, 0.15) is 0 Å². The number of fused-ring (bicyclic) bond motifs is 8. The zero-order valence-corrected chi connectivity index (χ0v) is 32.2. The number of hydrogen-bond donors (Lipinski definition) is 0. The predicted octanol–water partition coefficient (Wildman–Crippen LogP) is 16.5. The maximum Gasteiger partial charge on any atom is 0.187 e. The van der Waals surface area contributed by atoms with Crippen LogP contribution in [0.25, 0.3) is 125 Å². The number of nitrogens with zero attached hydrogens (tertiary/aromatic N) is 1. The number of rotatable bonds is 4. The van der Waals surface area contributed by atoms with Gasteiger partial charge in [-0.05, 0) is 151 Å². The summed E-state index contributed by atoms with van der Waals surface area (Å²) in [7, 11) is 0. The highest BCUT2D eigenvalue weighted by molar-refractivity contribution is 6.45. The summed E-state index contributed by atoms with van der Waals surface area (Å²) in [4.78, 5) is 3.60. The van der Waals surface area contributed by atoms with Crippen molar-refractivity contribution in [1.29, 1.82) is 0 Å². The molecule has 12 rings (SSSR count). The van der Waals surface area contributed by atoms with E-state index < -0.39 is 0 Å². The fourth-order valence-corrected chi connectivity index (χ4v) is 10.5. The highest BCUT2D eigenvalue weighted by Crippen LogP contribution is 2.55. The molecule has 0 N–H and O–H groups in total. The molecular weight excluding hydrogens is 699 g/mol. The minimum absolute atomic E-state index is 0.661. The molecule has 0 fully saturated rings. The number of aryl methyl sites for hydroxylation is 2. The van der Waals surface area contributed by atoms with E-state index in [4.69, 9.17) is 6.57 Å². The van der Waals surface area contributed by atoms with Crippen LogP contribution in [-0.4, -0.2) is 0 Å². The zero-order chi connectivity index (χ0) is 38.6. The lowest BCUT2D eigenvalue weighted by Gasteiger charge is -2.19. The van der Waals surface area contributed by atoms with Crippen LogP contribution in [0.2, 0.25) is 0 Å². The summed E-state index contributed by atoms with van der Waals surface area (Å²) in [5.41, 5.74) is 13.0. The lowest BCUT2D eigenvalue weighted by molar-refractivity contribution is 1.38. The molecule has 1 nitrogen and oxygen atoms in total. The minimum atomic E-state index is 0.661. The second kappa shape index (κ2) is 12.2. The van der Waals surface area contributed by atoms with E-state index in [0.717, 1.165) is 5.56 Å². The fraction of sp³-hybridized carbons (Fsp3) is 0.0351. The first-order valence-electron chi connectivity index (χ1n) is 20.0. The summed E-state index contributed by atoms with van der Waals surface area (Å²) in [6.07, 6.45) is 0. The summed E-state index contributed by atoms with van der Waals surface area (Å²) in [5.74, 6) is 0. The van der Waals surface area contributed by atoms with Crippen LogP contribution in [0.4, 0.5) is 5.69 Å². The van der Waals surface area contributed by atoms with Gasteiger partial charge in [-0.1, -0.05) is 170 Å². The van der Waals surface area contributed by atoms with Gasteiger partial charge in [0.25, 0.3) is 0 Å². The third kappa shape index (κ3) is 4.46. The normalized spacial score (nSPS) is 11.9. The molecular formula is C57H35N. The van der Waals surface area contributed by atoms with Gasteiger partial charge in [0.05, 0.1) is 6.57 Å². The Hall–Kier alpha value is -7.53. The van der Waals surface area contributed by atoms with Crippen molar-refractivity contribution in [3.8, 4) is 44.5 Å². The van der Waals surface area contributed by atoms with Crippen molar-refractivity contribution < 1.29 is 0 Å². The molecule has 0 saturated carbocycles. The van der Waals surface area contributed by atoms with Gasteiger partial charge < -0.3 is 0 Å². The van der Waals surface area contributed by atoms with E-state index in [1.807, 2.05) is 12.1 Å². The molecule has 0 heterocycles. The van der Waals surface area contributed by atoms with E-state index in [1.54, 1.807) is 0 Å². The Morgan fingerprint density at radius 2 is 0.828 bits per heavy atom. The molecule has 0 bridgehead atoms. The first kappa shape index (κ1) is 32.7. The van der Waals surface area contributed by atoms with E-state index in [9.17, 15) is 0 Å². The molecule has 12 aromatic carbocycles. The van der Waals surface area contributed by atoms with E-state index in [2.05, 4.69) is 182 Å². The molecule has 0 radical (unpaired) electrons. The van der Waals surface area contributed by atoms with Crippen molar-refractivity contribution in [3.05, 3.63) is 198 Å². The van der Waals surface area contributed by atoms with E-state index in [0.29, 0.717) is 5.69 Å². The van der Waals surface area contributed by atoms with Crippen LogP contribution in [0.5, 0.6) is 0 Å². The lowest BCUT2D eigenvalue weighted by atomic mass is 9.84. The van der Waals surface area contributed by atoms with Crippen molar-refractivity contribution >= 4 is 81.1 Å². The Morgan fingerprint density at radius 1 is 0.310 bits per heavy atom. The summed E-state index contributed by atoms with van der Waals surface area (Å²) >= 11 is 0. The molecule has 1 heteroatoms. The van der Waals surface area contributed by atoms with Gasteiger partial charge in [-0.3, -0.25) is 0 Å². The highest BCUT2D eigenvalue weighted by Gasteiger charge is 2.27. The molecule has 0 aromatic heterocycles. The van der Waals surface area contributed by atoms with Crippen molar-refractivity contribution in [2.45, 2.75) is 13.8 Å². The van der Waals surface area contributed by atoms with Crippen molar-refractivity contribution in [2.75, 3.05) is 0 Å².